The van der Waals surface area contributed by atoms with Gasteiger partial charge in [0.25, 0.3) is 0 Å². The molecule has 0 amide bonds. The Morgan fingerprint density at radius 1 is 1.35 bits per heavy atom. The molecule has 4 heteroatoms. The summed E-state index contributed by atoms with van der Waals surface area (Å²) in [5.41, 5.74) is 13.2. The van der Waals surface area contributed by atoms with Crippen LogP contribution in [0.1, 0.15) is 18.4 Å². The van der Waals surface area contributed by atoms with Gasteiger partial charge in [0.05, 0.1) is 0 Å². The maximum Gasteiger partial charge on any atom is 0.127 e. The molecule has 1 aliphatic carbocycles. The van der Waals surface area contributed by atoms with Gasteiger partial charge in [0.1, 0.15) is 5.82 Å². The lowest BCUT2D eigenvalue weighted by molar-refractivity contribution is 0.310. The Labute approximate surface area is 102 Å². The Balaban J connectivity index is 1.65. The molecule has 0 radical (unpaired) electrons. The quantitative estimate of drug-likeness (QED) is 0.810. The van der Waals surface area contributed by atoms with Crippen molar-refractivity contribution in [3.8, 4) is 0 Å². The average molecular weight is 232 g/mol. The van der Waals surface area contributed by atoms with Gasteiger partial charge in [0, 0.05) is 37.4 Å². The van der Waals surface area contributed by atoms with Gasteiger partial charge in [-0.3, -0.25) is 4.90 Å². The molecule has 4 nitrogen and oxygen atoms in total. The Bertz CT molecular complexity index is 402. The zero-order chi connectivity index (χ0) is 11.8. The number of pyridine rings is 1. The summed E-state index contributed by atoms with van der Waals surface area (Å²) in [5.74, 6) is 2.24. The van der Waals surface area contributed by atoms with Crippen LogP contribution >= 0.6 is 0 Å². The monoisotopic (exact) mass is 232 g/mol. The summed E-state index contributed by atoms with van der Waals surface area (Å²) in [6, 6.07) is 4.35. The third kappa shape index (κ3) is 2.28. The molecule has 92 valence electrons. The second-order valence-corrected chi connectivity index (χ2v) is 5.41. The second kappa shape index (κ2) is 4.27. The average Bonchev–Trinajstić information content (AvgIpc) is 3.07. The summed E-state index contributed by atoms with van der Waals surface area (Å²) in [6.45, 7) is 3.01. The van der Waals surface area contributed by atoms with Crippen molar-refractivity contribution in [2.75, 3.05) is 18.8 Å². The topological polar surface area (TPSA) is 68.2 Å². The maximum atomic E-state index is 6.21. The van der Waals surface area contributed by atoms with Crippen molar-refractivity contribution >= 4 is 5.82 Å². The van der Waals surface area contributed by atoms with Crippen LogP contribution in [0.4, 0.5) is 5.82 Å². The van der Waals surface area contributed by atoms with E-state index in [0.29, 0.717) is 17.8 Å². The minimum Gasteiger partial charge on any atom is -0.383 e. The van der Waals surface area contributed by atoms with Crippen LogP contribution in [0.3, 0.4) is 0 Å². The highest BCUT2D eigenvalue weighted by Crippen LogP contribution is 2.41. The number of anilines is 1. The van der Waals surface area contributed by atoms with E-state index in [2.05, 4.69) is 16.0 Å². The molecule has 1 aliphatic heterocycles. The van der Waals surface area contributed by atoms with E-state index in [-0.39, 0.29) is 0 Å². The largest absolute Gasteiger partial charge is 0.383 e. The van der Waals surface area contributed by atoms with E-state index < -0.39 is 0 Å². The SMILES string of the molecule is Nc1ncccc1CN1C[C@@H](N)[C@H](C2CC2)C1. The molecule has 2 heterocycles. The van der Waals surface area contributed by atoms with Crippen molar-refractivity contribution in [1.82, 2.24) is 9.88 Å². The third-order valence-corrected chi connectivity index (χ3v) is 4.04. The number of hydrogen-bond donors (Lipinski definition) is 2. The van der Waals surface area contributed by atoms with Gasteiger partial charge >= 0.3 is 0 Å². The van der Waals surface area contributed by atoms with Crippen molar-refractivity contribution in [1.29, 1.82) is 0 Å². The molecule has 0 aromatic carbocycles. The van der Waals surface area contributed by atoms with E-state index in [0.717, 1.165) is 31.1 Å². The molecule has 4 N–H and O–H groups in total. The highest BCUT2D eigenvalue weighted by Gasteiger charge is 2.40. The number of aromatic nitrogens is 1. The van der Waals surface area contributed by atoms with Gasteiger partial charge < -0.3 is 11.5 Å². The third-order valence-electron chi connectivity index (χ3n) is 4.04. The maximum absolute atomic E-state index is 6.21. The summed E-state index contributed by atoms with van der Waals surface area (Å²) < 4.78 is 0. The Morgan fingerprint density at radius 3 is 2.88 bits per heavy atom. The molecule has 1 aromatic heterocycles. The van der Waals surface area contributed by atoms with Crippen LogP contribution in [0.5, 0.6) is 0 Å². The number of nitrogens with two attached hydrogens (primary N) is 2. The first-order valence-electron chi connectivity index (χ1n) is 6.41. The van der Waals surface area contributed by atoms with Crippen LogP contribution in [0, 0.1) is 11.8 Å². The van der Waals surface area contributed by atoms with Gasteiger partial charge in [0.2, 0.25) is 0 Å². The summed E-state index contributed by atoms with van der Waals surface area (Å²) >= 11 is 0. The molecular weight excluding hydrogens is 212 g/mol. The summed E-state index contributed by atoms with van der Waals surface area (Å²) in [7, 11) is 0. The Morgan fingerprint density at radius 2 is 2.18 bits per heavy atom. The lowest BCUT2D eigenvalue weighted by Gasteiger charge is -2.16. The van der Waals surface area contributed by atoms with Crippen LogP contribution in [0.25, 0.3) is 0 Å². The van der Waals surface area contributed by atoms with Gasteiger partial charge in [-0.15, -0.1) is 0 Å². The van der Waals surface area contributed by atoms with Crippen LogP contribution in [-0.4, -0.2) is 29.0 Å². The van der Waals surface area contributed by atoms with Gasteiger partial charge in [0.15, 0.2) is 0 Å². The summed E-state index contributed by atoms with van der Waals surface area (Å²) in [4.78, 5) is 6.54. The van der Waals surface area contributed by atoms with Crippen LogP contribution in [-0.2, 0) is 6.54 Å². The molecule has 2 fully saturated rings. The first kappa shape index (κ1) is 11.0. The second-order valence-electron chi connectivity index (χ2n) is 5.41. The molecule has 2 atom stereocenters. The minimum absolute atomic E-state index is 0.348. The number of likely N-dealkylation sites (tertiary alicyclic amines) is 1. The number of nitrogen functional groups attached to an aromatic ring is 1. The van der Waals surface area contributed by atoms with Crippen molar-refractivity contribution in [2.24, 2.45) is 17.6 Å². The fourth-order valence-corrected chi connectivity index (χ4v) is 2.92. The highest BCUT2D eigenvalue weighted by atomic mass is 15.2. The molecule has 3 rings (SSSR count). The Kier molecular flexibility index (Phi) is 2.76. The fraction of sp³-hybridized carbons (Fsp3) is 0.615. The lowest BCUT2D eigenvalue weighted by atomic mass is 9.99. The molecule has 0 unspecified atom stereocenters. The van der Waals surface area contributed by atoms with E-state index in [9.17, 15) is 0 Å². The first-order chi connectivity index (χ1) is 8.24. The lowest BCUT2D eigenvalue weighted by Crippen LogP contribution is -2.30. The summed E-state index contributed by atoms with van der Waals surface area (Å²) in [6.07, 6.45) is 4.49. The molecule has 17 heavy (non-hydrogen) atoms. The molecule has 1 saturated carbocycles. The van der Waals surface area contributed by atoms with E-state index in [1.807, 2.05) is 6.07 Å². The van der Waals surface area contributed by atoms with Gasteiger partial charge in [-0.2, -0.15) is 0 Å². The fourth-order valence-electron chi connectivity index (χ4n) is 2.92. The van der Waals surface area contributed by atoms with Gasteiger partial charge in [-0.1, -0.05) is 6.07 Å². The number of rotatable bonds is 3. The Hall–Kier alpha value is -1.13. The first-order valence-corrected chi connectivity index (χ1v) is 6.41. The van der Waals surface area contributed by atoms with Gasteiger partial charge in [-0.05, 0) is 30.7 Å². The molecular formula is C13H20N4. The van der Waals surface area contributed by atoms with E-state index in [1.54, 1.807) is 6.20 Å². The minimum atomic E-state index is 0.348. The smallest absolute Gasteiger partial charge is 0.127 e. The van der Waals surface area contributed by atoms with Crippen LogP contribution in [0.15, 0.2) is 18.3 Å². The van der Waals surface area contributed by atoms with Crippen molar-refractivity contribution < 1.29 is 0 Å². The molecule has 1 aromatic rings. The van der Waals surface area contributed by atoms with E-state index in [1.165, 1.54) is 12.8 Å². The van der Waals surface area contributed by atoms with E-state index >= 15 is 0 Å². The number of nitrogens with zero attached hydrogens (tertiary/aromatic N) is 2. The molecule has 2 aliphatic rings. The zero-order valence-corrected chi connectivity index (χ0v) is 10.0. The predicted octanol–water partition coefficient (Wildman–Crippen LogP) is 0.833. The van der Waals surface area contributed by atoms with Crippen LogP contribution < -0.4 is 11.5 Å². The summed E-state index contributed by atoms with van der Waals surface area (Å²) in [5, 5.41) is 0. The van der Waals surface area contributed by atoms with Crippen LogP contribution in [0.2, 0.25) is 0 Å². The van der Waals surface area contributed by atoms with Crippen molar-refractivity contribution in [3.63, 3.8) is 0 Å². The standard InChI is InChI=1S/C13H20N4/c14-12-8-17(7-11(12)9-3-4-9)6-10-2-1-5-16-13(10)15/h1-2,5,9,11-12H,3-4,6-8,14H2,(H2,15,16)/t11-,12+/m0/s1. The highest BCUT2D eigenvalue weighted by molar-refractivity contribution is 5.38. The van der Waals surface area contributed by atoms with Crippen molar-refractivity contribution in [3.05, 3.63) is 23.9 Å². The van der Waals surface area contributed by atoms with Crippen molar-refractivity contribution in [2.45, 2.75) is 25.4 Å². The number of hydrogen-bond acceptors (Lipinski definition) is 4. The normalized spacial score (nSPS) is 29.7. The predicted molar refractivity (Wildman–Crippen MR) is 68.1 cm³/mol. The molecule has 1 saturated heterocycles. The van der Waals surface area contributed by atoms with E-state index in [4.69, 9.17) is 11.5 Å². The van der Waals surface area contributed by atoms with Gasteiger partial charge in [-0.25, -0.2) is 4.98 Å². The molecule has 0 spiro atoms. The molecule has 0 bridgehead atoms. The zero-order valence-electron chi connectivity index (χ0n) is 10.0.